The summed E-state index contributed by atoms with van der Waals surface area (Å²) in [5.41, 5.74) is 5.37. The summed E-state index contributed by atoms with van der Waals surface area (Å²) in [6.07, 6.45) is 1.12. The molecule has 88 valence electrons. The Bertz CT molecular complexity index is 209. The first kappa shape index (κ1) is 16.0. The lowest BCUT2D eigenvalue weighted by Crippen LogP contribution is -2.29. The van der Waals surface area contributed by atoms with Crippen LogP contribution >= 0.6 is 0 Å². The van der Waals surface area contributed by atoms with E-state index in [2.05, 4.69) is 0 Å². The molecule has 0 bridgehead atoms. The number of carbonyl (C=O) groups is 2. The SMILES string of the molecule is CC(C)[C@H](N)CO.O=C(O)C=CC(=O)O. The standard InChI is InChI=1S/C5H13NO.C4H4O4/c1-4(2)5(6)3-7;5-3(6)1-2-4(7)8/h4-5,7H,3,6H2,1-2H3;1-2H,(H,5,6)(H,7,8)/t5-;/m1./s1. The third-order valence-corrected chi connectivity index (χ3v) is 1.44. The topological polar surface area (TPSA) is 121 Å². The first-order valence-electron chi connectivity index (χ1n) is 4.31. The van der Waals surface area contributed by atoms with Crippen LogP contribution in [0.3, 0.4) is 0 Å². The van der Waals surface area contributed by atoms with E-state index >= 15 is 0 Å². The maximum Gasteiger partial charge on any atom is 0.328 e. The Morgan fingerprint density at radius 1 is 1.20 bits per heavy atom. The van der Waals surface area contributed by atoms with E-state index in [-0.39, 0.29) is 12.6 Å². The molecule has 0 aromatic heterocycles. The zero-order valence-corrected chi connectivity index (χ0v) is 8.75. The van der Waals surface area contributed by atoms with Gasteiger partial charge in [-0.05, 0) is 5.92 Å². The summed E-state index contributed by atoms with van der Waals surface area (Å²) >= 11 is 0. The quantitative estimate of drug-likeness (QED) is 0.480. The number of hydrogen-bond acceptors (Lipinski definition) is 4. The molecule has 5 N–H and O–H groups in total. The maximum atomic E-state index is 9.55. The second kappa shape index (κ2) is 9.17. The van der Waals surface area contributed by atoms with E-state index in [0.717, 1.165) is 0 Å². The van der Waals surface area contributed by atoms with Gasteiger partial charge in [0.05, 0.1) is 6.61 Å². The predicted molar refractivity (Wildman–Crippen MR) is 54.3 cm³/mol. The summed E-state index contributed by atoms with van der Waals surface area (Å²) in [7, 11) is 0. The third kappa shape index (κ3) is 15.4. The predicted octanol–water partition coefficient (Wildman–Crippen LogP) is -0.326. The van der Waals surface area contributed by atoms with Crippen molar-refractivity contribution in [3.63, 3.8) is 0 Å². The highest BCUT2D eigenvalue weighted by molar-refractivity contribution is 5.89. The van der Waals surface area contributed by atoms with Crippen molar-refractivity contribution < 1.29 is 24.9 Å². The Kier molecular flexibility index (Phi) is 9.81. The van der Waals surface area contributed by atoms with Crippen LogP contribution < -0.4 is 5.73 Å². The average Bonchev–Trinajstić information content (AvgIpc) is 2.14. The number of aliphatic hydroxyl groups is 1. The van der Waals surface area contributed by atoms with Crippen molar-refractivity contribution in [3.05, 3.63) is 12.2 Å². The van der Waals surface area contributed by atoms with Gasteiger partial charge in [0.2, 0.25) is 0 Å². The zero-order chi connectivity index (χ0) is 12.4. The molecule has 0 spiro atoms. The fourth-order valence-electron chi connectivity index (χ4n) is 0.353. The highest BCUT2D eigenvalue weighted by atomic mass is 16.4. The molecule has 6 nitrogen and oxygen atoms in total. The van der Waals surface area contributed by atoms with Gasteiger partial charge in [-0.25, -0.2) is 9.59 Å². The second-order valence-corrected chi connectivity index (χ2v) is 3.10. The van der Waals surface area contributed by atoms with E-state index in [1.54, 1.807) is 0 Å². The number of aliphatic carboxylic acids is 2. The molecule has 0 aliphatic rings. The molecular formula is C9H17NO5. The monoisotopic (exact) mass is 219 g/mol. The summed E-state index contributed by atoms with van der Waals surface area (Å²) in [5, 5.41) is 24.0. The Hall–Kier alpha value is -1.40. The van der Waals surface area contributed by atoms with Crippen LogP contribution in [-0.2, 0) is 9.59 Å². The number of carboxylic acid groups (broad SMARTS) is 2. The second-order valence-electron chi connectivity index (χ2n) is 3.10. The minimum Gasteiger partial charge on any atom is -0.478 e. The van der Waals surface area contributed by atoms with Gasteiger partial charge in [-0.2, -0.15) is 0 Å². The average molecular weight is 219 g/mol. The van der Waals surface area contributed by atoms with Crippen LogP contribution in [0.4, 0.5) is 0 Å². The van der Waals surface area contributed by atoms with Crippen molar-refractivity contribution in [2.24, 2.45) is 11.7 Å². The zero-order valence-electron chi connectivity index (χ0n) is 8.75. The fourth-order valence-corrected chi connectivity index (χ4v) is 0.353. The van der Waals surface area contributed by atoms with Gasteiger partial charge in [-0.1, -0.05) is 13.8 Å². The molecule has 15 heavy (non-hydrogen) atoms. The Balaban J connectivity index is 0. The summed E-state index contributed by atoms with van der Waals surface area (Å²) < 4.78 is 0. The maximum absolute atomic E-state index is 9.55. The van der Waals surface area contributed by atoms with E-state index in [1.807, 2.05) is 13.8 Å². The van der Waals surface area contributed by atoms with Crippen LogP contribution in [0, 0.1) is 5.92 Å². The van der Waals surface area contributed by atoms with Crippen molar-refractivity contribution >= 4 is 11.9 Å². The number of aliphatic hydroxyl groups excluding tert-OH is 1. The Morgan fingerprint density at radius 2 is 1.53 bits per heavy atom. The van der Waals surface area contributed by atoms with Crippen LogP contribution in [-0.4, -0.2) is 39.9 Å². The van der Waals surface area contributed by atoms with E-state index in [4.69, 9.17) is 21.1 Å². The molecule has 0 unspecified atom stereocenters. The van der Waals surface area contributed by atoms with E-state index < -0.39 is 11.9 Å². The lowest BCUT2D eigenvalue weighted by molar-refractivity contribution is -0.134. The van der Waals surface area contributed by atoms with Gasteiger partial charge in [0, 0.05) is 18.2 Å². The van der Waals surface area contributed by atoms with Gasteiger partial charge in [0.25, 0.3) is 0 Å². The van der Waals surface area contributed by atoms with E-state index in [0.29, 0.717) is 18.1 Å². The number of hydrogen-bond donors (Lipinski definition) is 4. The summed E-state index contributed by atoms with van der Waals surface area (Å²) in [6.45, 7) is 4.07. The fraction of sp³-hybridized carbons (Fsp3) is 0.556. The summed E-state index contributed by atoms with van der Waals surface area (Å²) in [4.78, 5) is 19.1. The number of carboxylic acids is 2. The molecule has 0 aromatic rings. The minimum absolute atomic E-state index is 0.0417. The molecule has 0 aliphatic carbocycles. The van der Waals surface area contributed by atoms with E-state index in [1.165, 1.54) is 0 Å². The van der Waals surface area contributed by atoms with Crippen molar-refractivity contribution in [2.75, 3.05) is 6.61 Å². The Morgan fingerprint density at radius 3 is 1.60 bits per heavy atom. The lowest BCUT2D eigenvalue weighted by atomic mass is 10.1. The van der Waals surface area contributed by atoms with Crippen LogP contribution in [0.5, 0.6) is 0 Å². The molecule has 0 aliphatic heterocycles. The molecule has 0 amide bonds. The molecule has 6 heteroatoms. The normalized spacial score (nSPS) is 12.1. The molecule has 0 heterocycles. The molecule has 1 atom stereocenters. The first-order valence-corrected chi connectivity index (χ1v) is 4.31. The summed E-state index contributed by atoms with van der Waals surface area (Å²) in [6, 6.07) is -0.0417. The summed E-state index contributed by atoms with van der Waals surface area (Å²) in [5.74, 6) is -2.12. The number of rotatable bonds is 4. The van der Waals surface area contributed by atoms with Crippen molar-refractivity contribution in [2.45, 2.75) is 19.9 Å². The van der Waals surface area contributed by atoms with Crippen LogP contribution in [0.1, 0.15) is 13.8 Å². The van der Waals surface area contributed by atoms with Crippen molar-refractivity contribution in [1.82, 2.24) is 0 Å². The number of nitrogens with two attached hydrogens (primary N) is 1. The third-order valence-electron chi connectivity index (χ3n) is 1.44. The van der Waals surface area contributed by atoms with Gasteiger partial charge < -0.3 is 21.1 Å². The minimum atomic E-state index is -1.26. The van der Waals surface area contributed by atoms with Gasteiger partial charge in [-0.15, -0.1) is 0 Å². The molecular weight excluding hydrogens is 202 g/mol. The molecule has 0 aromatic carbocycles. The van der Waals surface area contributed by atoms with Crippen molar-refractivity contribution in [3.8, 4) is 0 Å². The molecule has 0 radical (unpaired) electrons. The first-order chi connectivity index (χ1) is 6.81. The molecule has 0 saturated heterocycles. The van der Waals surface area contributed by atoms with E-state index in [9.17, 15) is 9.59 Å². The largest absolute Gasteiger partial charge is 0.478 e. The van der Waals surface area contributed by atoms with Gasteiger partial charge in [0.1, 0.15) is 0 Å². The van der Waals surface area contributed by atoms with Crippen molar-refractivity contribution in [1.29, 1.82) is 0 Å². The van der Waals surface area contributed by atoms with Gasteiger partial charge in [0.15, 0.2) is 0 Å². The van der Waals surface area contributed by atoms with Crippen LogP contribution in [0.15, 0.2) is 12.2 Å². The highest BCUT2D eigenvalue weighted by Gasteiger charge is 2.02. The lowest BCUT2D eigenvalue weighted by Gasteiger charge is -2.10. The van der Waals surface area contributed by atoms with Crippen LogP contribution in [0.25, 0.3) is 0 Å². The van der Waals surface area contributed by atoms with Gasteiger partial charge in [-0.3, -0.25) is 0 Å². The van der Waals surface area contributed by atoms with Crippen LogP contribution in [0.2, 0.25) is 0 Å². The molecule has 0 fully saturated rings. The van der Waals surface area contributed by atoms with Gasteiger partial charge >= 0.3 is 11.9 Å². The Labute approximate surface area is 88.0 Å². The molecule has 0 rings (SSSR count). The smallest absolute Gasteiger partial charge is 0.328 e. The molecule has 0 saturated carbocycles. The highest BCUT2D eigenvalue weighted by Crippen LogP contribution is 1.94.